The molecule has 1 N–H and O–H groups in total. The second kappa shape index (κ2) is 4.76. The average Bonchev–Trinajstić information content (AvgIpc) is 2.40. The number of nitrogens with one attached hydrogen (secondary N) is 1. The lowest BCUT2D eigenvalue weighted by molar-refractivity contribution is 0.931. The molecule has 0 fully saturated rings. The van der Waals surface area contributed by atoms with E-state index in [0.717, 1.165) is 11.3 Å². The van der Waals surface area contributed by atoms with Crippen molar-refractivity contribution in [1.29, 1.82) is 0 Å². The molecule has 2 radical (unpaired) electrons. The summed E-state index contributed by atoms with van der Waals surface area (Å²) in [5.74, 6) is 0. The van der Waals surface area contributed by atoms with Gasteiger partial charge in [-0.05, 0) is 42.9 Å². The molecule has 5 heteroatoms. The Morgan fingerprint density at radius 1 is 1.20 bits per heavy atom. The highest BCUT2D eigenvalue weighted by atomic mass is 32.1. The van der Waals surface area contributed by atoms with Crippen LogP contribution >= 0.6 is 12.2 Å². The van der Waals surface area contributed by atoms with Gasteiger partial charge >= 0.3 is 0 Å². The SMILES string of the molecule is [B]c1ccc2c(=O)n(-c3ccccc3C)c(=S)[nH]c2c1. The van der Waals surface area contributed by atoms with E-state index in [0.29, 0.717) is 21.1 Å². The summed E-state index contributed by atoms with van der Waals surface area (Å²) < 4.78 is 1.88. The van der Waals surface area contributed by atoms with E-state index in [4.69, 9.17) is 20.1 Å². The number of aromatic amines is 1. The van der Waals surface area contributed by atoms with Gasteiger partial charge in [0.05, 0.1) is 16.6 Å². The van der Waals surface area contributed by atoms with Gasteiger partial charge in [-0.15, -0.1) is 0 Å². The van der Waals surface area contributed by atoms with Gasteiger partial charge in [0.25, 0.3) is 5.56 Å². The Kier molecular flexibility index (Phi) is 3.06. The van der Waals surface area contributed by atoms with Crippen LogP contribution in [0.3, 0.4) is 0 Å². The predicted molar refractivity (Wildman–Crippen MR) is 84.9 cm³/mol. The van der Waals surface area contributed by atoms with E-state index in [2.05, 4.69) is 4.98 Å². The highest BCUT2D eigenvalue weighted by molar-refractivity contribution is 7.71. The molecular weight excluding hydrogens is 267 g/mol. The zero-order valence-electron chi connectivity index (χ0n) is 10.9. The van der Waals surface area contributed by atoms with Crippen molar-refractivity contribution in [2.45, 2.75) is 6.92 Å². The van der Waals surface area contributed by atoms with Gasteiger partial charge in [0.2, 0.25) is 0 Å². The molecule has 3 nitrogen and oxygen atoms in total. The topological polar surface area (TPSA) is 37.8 Å². The minimum absolute atomic E-state index is 0.141. The van der Waals surface area contributed by atoms with E-state index in [1.54, 1.807) is 18.2 Å². The lowest BCUT2D eigenvalue weighted by atomic mass is 9.95. The largest absolute Gasteiger partial charge is 0.331 e. The van der Waals surface area contributed by atoms with Crippen molar-refractivity contribution >= 4 is 36.4 Å². The highest BCUT2D eigenvalue weighted by Gasteiger charge is 2.09. The molecule has 20 heavy (non-hydrogen) atoms. The maximum absolute atomic E-state index is 12.6. The molecule has 0 aliphatic heterocycles. The van der Waals surface area contributed by atoms with Crippen LogP contribution in [0.2, 0.25) is 0 Å². The first-order chi connectivity index (χ1) is 9.58. The summed E-state index contributed by atoms with van der Waals surface area (Å²) in [7, 11) is 5.73. The molecule has 1 heterocycles. The molecule has 1 aromatic heterocycles. The number of aromatic nitrogens is 2. The Hall–Kier alpha value is -2.14. The molecule has 0 unspecified atom stereocenters. The van der Waals surface area contributed by atoms with Crippen LogP contribution in [-0.4, -0.2) is 17.4 Å². The van der Waals surface area contributed by atoms with E-state index in [9.17, 15) is 4.79 Å². The molecule has 0 spiro atoms. The summed E-state index contributed by atoms with van der Waals surface area (Å²) >= 11 is 5.32. The molecule has 2 aromatic carbocycles. The summed E-state index contributed by atoms with van der Waals surface area (Å²) in [6.45, 7) is 1.95. The number of fused-ring (bicyclic) bond motifs is 1. The van der Waals surface area contributed by atoms with Crippen molar-refractivity contribution in [3.8, 4) is 5.69 Å². The van der Waals surface area contributed by atoms with Gasteiger partial charge < -0.3 is 4.98 Å². The fraction of sp³-hybridized carbons (Fsp3) is 0.0667. The van der Waals surface area contributed by atoms with Crippen LogP contribution in [0.25, 0.3) is 16.6 Å². The summed E-state index contributed by atoms with van der Waals surface area (Å²) in [6.07, 6.45) is 0. The molecule has 3 rings (SSSR count). The summed E-state index contributed by atoms with van der Waals surface area (Å²) in [6, 6.07) is 12.8. The average molecular weight is 278 g/mol. The highest BCUT2D eigenvalue weighted by Crippen LogP contribution is 2.13. The van der Waals surface area contributed by atoms with Gasteiger partial charge in [-0.2, -0.15) is 0 Å². The Balaban J connectivity index is 2.44. The lowest BCUT2D eigenvalue weighted by Gasteiger charge is -2.10. The number of aryl methyl sites for hydroxylation is 1. The number of hydrogen-bond acceptors (Lipinski definition) is 2. The normalized spacial score (nSPS) is 10.8. The molecule has 0 saturated heterocycles. The van der Waals surface area contributed by atoms with Crippen LogP contribution in [0.15, 0.2) is 47.3 Å². The first kappa shape index (κ1) is 12.9. The molecule has 3 aromatic rings. The summed E-state index contributed by atoms with van der Waals surface area (Å²) in [5.41, 5.74) is 2.89. The van der Waals surface area contributed by atoms with Crippen molar-refractivity contribution in [1.82, 2.24) is 9.55 Å². The van der Waals surface area contributed by atoms with E-state index in [1.165, 1.54) is 4.57 Å². The van der Waals surface area contributed by atoms with Gasteiger partial charge in [-0.25, -0.2) is 0 Å². The Labute approximate surface area is 122 Å². The van der Waals surface area contributed by atoms with E-state index >= 15 is 0 Å². The predicted octanol–water partition coefficient (Wildman–Crippen LogP) is 2.15. The van der Waals surface area contributed by atoms with Crippen molar-refractivity contribution in [2.75, 3.05) is 0 Å². The third kappa shape index (κ3) is 2.00. The molecule has 0 atom stereocenters. The molecular formula is C15H11BN2OS. The first-order valence-corrected chi connectivity index (χ1v) is 6.59. The molecule has 0 bridgehead atoms. The third-order valence-electron chi connectivity index (χ3n) is 3.28. The van der Waals surface area contributed by atoms with Gasteiger partial charge in [0.1, 0.15) is 7.85 Å². The van der Waals surface area contributed by atoms with Crippen LogP contribution in [0, 0.1) is 11.7 Å². The number of hydrogen-bond donors (Lipinski definition) is 1. The first-order valence-electron chi connectivity index (χ1n) is 6.18. The van der Waals surface area contributed by atoms with Crippen molar-refractivity contribution in [3.05, 3.63) is 63.2 Å². The fourth-order valence-corrected chi connectivity index (χ4v) is 2.56. The van der Waals surface area contributed by atoms with Crippen molar-refractivity contribution < 1.29 is 0 Å². The minimum atomic E-state index is -0.141. The molecule has 96 valence electrons. The smallest absolute Gasteiger partial charge is 0.266 e. The van der Waals surface area contributed by atoms with E-state index in [-0.39, 0.29) is 5.56 Å². The maximum Gasteiger partial charge on any atom is 0.266 e. The Morgan fingerprint density at radius 3 is 2.70 bits per heavy atom. The third-order valence-corrected chi connectivity index (χ3v) is 3.56. The van der Waals surface area contributed by atoms with Crippen LogP contribution in [0.1, 0.15) is 5.56 Å². The number of benzene rings is 2. The van der Waals surface area contributed by atoms with Gasteiger partial charge in [-0.3, -0.25) is 9.36 Å². The molecule has 0 amide bonds. The van der Waals surface area contributed by atoms with Crippen LogP contribution < -0.4 is 11.0 Å². The van der Waals surface area contributed by atoms with Crippen molar-refractivity contribution in [2.24, 2.45) is 0 Å². The van der Waals surface area contributed by atoms with Gasteiger partial charge in [0.15, 0.2) is 4.77 Å². The zero-order chi connectivity index (χ0) is 14.3. The number of rotatable bonds is 1. The molecule has 0 aliphatic rings. The number of nitrogens with zero attached hydrogens (tertiary/aromatic N) is 1. The van der Waals surface area contributed by atoms with E-state index in [1.807, 2.05) is 31.2 Å². The summed E-state index contributed by atoms with van der Waals surface area (Å²) in [4.78, 5) is 15.7. The monoisotopic (exact) mass is 278 g/mol. The number of H-pyrrole nitrogens is 1. The van der Waals surface area contributed by atoms with Crippen LogP contribution in [0.4, 0.5) is 0 Å². The van der Waals surface area contributed by atoms with E-state index < -0.39 is 0 Å². The second-order valence-corrected chi connectivity index (χ2v) is 5.05. The summed E-state index contributed by atoms with van der Waals surface area (Å²) in [5, 5.41) is 0.566. The van der Waals surface area contributed by atoms with Gasteiger partial charge in [0, 0.05) is 0 Å². The fourth-order valence-electron chi connectivity index (χ4n) is 2.27. The second-order valence-electron chi connectivity index (χ2n) is 4.66. The lowest BCUT2D eigenvalue weighted by Crippen LogP contribution is -2.22. The van der Waals surface area contributed by atoms with Gasteiger partial charge in [-0.1, -0.05) is 29.7 Å². The molecule has 0 saturated carbocycles. The van der Waals surface area contributed by atoms with Crippen LogP contribution in [-0.2, 0) is 0 Å². The standard InChI is InChI=1S/C15H11BN2OS/c1-9-4-2-3-5-13(9)18-14(19)11-7-6-10(16)8-12(11)17-15(18)20/h2-8H,1H3,(H,17,20). The maximum atomic E-state index is 12.6. The molecule has 0 aliphatic carbocycles. The van der Waals surface area contributed by atoms with Crippen molar-refractivity contribution in [3.63, 3.8) is 0 Å². The van der Waals surface area contributed by atoms with Crippen LogP contribution in [0.5, 0.6) is 0 Å². The quantitative estimate of drug-likeness (QED) is 0.547. The zero-order valence-corrected chi connectivity index (χ0v) is 11.7. The minimum Gasteiger partial charge on any atom is -0.331 e. The number of para-hydroxylation sites is 1. The Morgan fingerprint density at radius 2 is 1.95 bits per heavy atom. The Bertz CT molecular complexity index is 927.